The number of pyridine rings is 1. The van der Waals surface area contributed by atoms with Crippen LogP contribution in [0.1, 0.15) is 46.6 Å². The summed E-state index contributed by atoms with van der Waals surface area (Å²) >= 11 is 5.87. The number of nitrogens with one attached hydrogen (secondary N) is 2. The molecule has 1 aliphatic carbocycles. The molecule has 194 valence electrons. The maximum Gasteiger partial charge on any atom is 0.337 e. The van der Waals surface area contributed by atoms with Gasteiger partial charge in [0, 0.05) is 37.5 Å². The van der Waals surface area contributed by atoms with E-state index in [4.69, 9.17) is 20.8 Å². The third kappa shape index (κ3) is 5.75. The number of amides is 3. The Labute approximate surface area is 218 Å². The number of methoxy groups -OCH3 is 1. The first-order valence-electron chi connectivity index (χ1n) is 11.8. The predicted octanol–water partition coefficient (Wildman–Crippen LogP) is 4.35. The van der Waals surface area contributed by atoms with Gasteiger partial charge in [0.05, 0.1) is 17.7 Å². The number of hydrogen-bond donors (Lipinski definition) is 2. The van der Waals surface area contributed by atoms with Gasteiger partial charge in [0.25, 0.3) is 5.91 Å². The summed E-state index contributed by atoms with van der Waals surface area (Å²) in [5, 5.41) is 6.26. The Kier molecular flexibility index (Phi) is 7.77. The van der Waals surface area contributed by atoms with E-state index in [1.54, 1.807) is 25.1 Å². The van der Waals surface area contributed by atoms with Crippen LogP contribution in [0, 0.1) is 11.8 Å². The molecule has 4 rings (SSSR count). The lowest BCUT2D eigenvalue weighted by atomic mass is 9.81. The Balaban J connectivity index is 1.62. The summed E-state index contributed by atoms with van der Waals surface area (Å²) in [5.74, 6) is -1.78. The van der Waals surface area contributed by atoms with Crippen molar-refractivity contribution in [1.29, 1.82) is 0 Å². The fourth-order valence-electron chi connectivity index (χ4n) is 4.44. The number of hydrogen-bond acceptors (Lipinski definition) is 7. The summed E-state index contributed by atoms with van der Waals surface area (Å²) in [4.78, 5) is 56.4. The zero-order valence-electron chi connectivity index (χ0n) is 20.7. The number of nitrogens with zero attached hydrogens (tertiary/aromatic N) is 2. The van der Waals surface area contributed by atoms with Crippen molar-refractivity contribution >= 4 is 57.8 Å². The molecule has 3 amide bonds. The highest BCUT2D eigenvalue weighted by molar-refractivity contribution is 6.30. The normalized spacial score (nSPS) is 17.2. The van der Waals surface area contributed by atoms with E-state index < -0.39 is 11.9 Å². The standard InChI is InChI=1S/C26H27ClN4O6/c1-31(2)25(34)15-6-4-14(5-7-15)23(32)30-21-18-12-16(26(35)36-3)8-10-19(18)37-22(21)24(33)29-20-11-9-17(27)13-28-20/h8-15H,4-7H2,1-3H3,(H,30,32)(H,28,29,33). The molecule has 0 bridgehead atoms. The molecule has 1 aromatic carbocycles. The molecule has 0 saturated heterocycles. The van der Waals surface area contributed by atoms with Crippen molar-refractivity contribution < 1.29 is 28.3 Å². The molecule has 0 aliphatic heterocycles. The van der Waals surface area contributed by atoms with Gasteiger partial charge in [0.1, 0.15) is 17.1 Å². The molecule has 10 nitrogen and oxygen atoms in total. The number of carbonyl (C=O) groups is 4. The average molecular weight is 527 g/mol. The largest absolute Gasteiger partial charge is 0.465 e. The van der Waals surface area contributed by atoms with Gasteiger partial charge in [-0.05, 0) is 56.0 Å². The van der Waals surface area contributed by atoms with E-state index in [0.29, 0.717) is 41.7 Å². The number of esters is 1. The van der Waals surface area contributed by atoms with E-state index in [-0.39, 0.29) is 46.5 Å². The van der Waals surface area contributed by atoms with Crippen LogP contribution < -0.4 is 10.6 Å². The number of rotatable bonds is 6. The molecule has 1 aliphatic rings. The molecular weight excluding hydrogens is 500 g/mol. The summed E-state index contributed by atoms with van der Waals surface area (Å²) < 4.78 is 10.6. The molecule has 1 fully saturated rings. The Morgan fingerprint density at radius 1 is 1.03 bits per heavy atom. The first-order chi connectivity index (χ1) is 17.7. The molecule has 1 saturated carbocycles. The molecule has 11 heteroatoms. The van der Waals surface area contributed by atoms with Crippen LogP contribution in [0.15, 0.2) is 40.9 Å². The number of furan rings is 1. The first kappa shape index (κ1) is 26.2. The Morgan fingerprint density at radius 2 is 1.73 bits per heavy atom. The summed E-state index contributed by atoms with van der Waals surface area (Å²) in [6.45, 7) is 0. The number of aromatic nitrogens is 1. The van der Waals surface area contributed by atoms with Crippen LogP contribution >= 0.6 is 11.6 Å². The molecule has 2 aromatic heterocycles. The minimum Gasteiger partial charge on any atom is -0.465 e. The molecular formula is C26H27ClN4O6. The van der Waals surface area contributed by atoms with Crippen LogP contribution in [-0.2, 0) is 14.3 Å². The molecule has 0 radical (unpaired) electrons. The maximum absolute atomic E-state index is 13.3. The lowest BCUT2D eigenvalue weighted by molar-refractivity contribution is -0.135. The highest BCUT2D eigenvalue weighted by Crippen LogP contribution is 2.35. The van der Waals surface area contributed by atoms with Crippen LogP contribution in [-0.4, -0.2) is 54.8 Å². The predicted molar refractivity (Wildman–Crippen MR) is 138 cm³/mol. The molecule has 2 N–H and O–H groups in total. The zero-order chi connectivity index (χ0) is 26.7. The second-order valence-electron chi connectivity index (χ2n) is 9.09. The monoisotopic (exact) mass is 526 g/mol. The van der Waals surface area contributed by atoms with Crippen molar-refractivity contribution in [2.24, 2.45) is 11.8 Å². The molecule has 0 unspecified atom stereocenters. The van der Waals surface area contributed by atoms with Crippen molar-refractivity contribution in [3.05, 3.63) is 52.9 Å². The van der Waals surface area contributed by atoms with Gasteiger partial charge in [0.15, 0.2) is 0 Å². The van der Waals surface area contributed by atoms with E-state index in [0.717, 1.165) is 0 Å². The zero-order valence-corrected chi connectivity index (χ0v) is 21.4. The van der Waals surface area contributed by atoms with Crippen molar-refractivity contribution in [2.45, 2.75) is 25.7 Å². The van der Waals surface area contributed by atoms with Crippen LogP contribution in [0.4, 0.5) is 11.5 Å². The highest BCUT2D eigenvalue weighted by atomic mass is 35.5. The summed E-state index contributed by atoms with van der Waals surface area (Å²) in [6, 6.07) is 7.65. The smallest absolute Gasteiger partial charge is 0.337 e. The molecule has 37 heavy (non-hydrogen) atoms. The summed E-state index contributed by atoms with van der Waals surface area (Å²) in [5.41, 5.74) is 0.682. The SMILES string of the molecule is COC(=O)c1ccc2oc(C(=O)Nc3ccc(Cl)cn3)c(NC(=O)C3CCC(C(=O)N(C)C)CC3)c2c1. The van der Waals surface area contributed by atoms with Gasteiger partial charge in [-0.3, -0.25) is 14.4 Å². The third-order valence-electron chi connectivity index (χ3n) is 6.42. The number of anilines is 2. The molecule has 0 spiro atoms. The van der Waals surface area contributed by atoms with Gasteiger partial charge in [0.2, 0.25) is 17.6 Å². The number of ether oxygens (including phenoxy) is 1. The average Bonchev–Trinajstić information content (AvgIpc) is 3.26. The first-order valence-corrected chi connectivity index (χ1v) is 12.2. The number of fused-ring (bicyclic) bond motifs is 1. The van der Waals surface area contributed by atoms with Crippen LogP contribution in [0.25, 0.3) is 11.0 Å². The third-order valence-corrected chi connectivity index (χ3v) is 6.64. The number of benzene rings is 1. The van der Waals surface area contributed by atoms with Crippen molar-refractivity contribution in [3.8, 4) is 0 Å². The van der Waals surface area contributed by atoms with E-state index in [1.165, 1.54) is 37.6 Å². The van der Waals surface area contributed by atoms with Crippen LogP contribution in [0.3, 0.4) is 0 Å². The molecule has 3 aromatic rings. The quantitative estimate of drug-likeness (QED) is 0.456. The van der Waals surface area contributed by atoms with E-state index in [2.05, 4.69) is 15.6 Å². The van der Waals surface area contributed by atoms with Gasteiger partial charge >= 0.3 is 5.97 Å². The minimum absolute atomic E-state index is 0.0600. The molecule has 0 atom stereocenters. The highest BCUT2D eigenvalue weighted by Gasteiger charge is 2.32. The second-order valence-corrected chi connectivity index (χ2v) is 9.53. The Morgan fingerprint density at radius 3 is 2.35 bits per heavy atom. The van der Waals surface area contributed by atoms with Crippen molar-refractivity contribution in [1.82, 2.24) is 9.88 Å². The van der Waals surface area contributed by atoms with Crippen LogP contribution in [0.5, 0.6) is 0 Å². The fourth-order valence-corrected chi connectivity index (χ4v) is 4.55. The molecule has 2 heterocycles. The minimum atomic E-state index is -0.638. The fraction of sp³-hybridized carbons (Fsp3) is 0.346. The number of carbonyl (C=O) groups excluding carboxylic acids is 4. The second kappa shape index (κ2) is 11.0. The van der Waals surface area contributed by atoms with Crippen molar-refractivity contribution in [3.63, 3.8) is 0 Å². The van der Waals surface area contributed by atoms with Gasteiger partial charge in [-0.1, -0.05) is 11.6 Å². The van der Waals surface area contributed by atoms with Gasteiger partial charge < -0.3 is 24.7 Å². The lowest BCUT2D eigenvalue weighted by Crippen LogP contribution is -2.35. The van der Waals surface area contributed by atoms with Gasteiger partial charge in [-0.2, -0.15) is 0 Å². The summed E-state index contributed by atoms with van der Waals surface area (Å²) in [7, 11) is 4.71. The van der Waals surface area contributed by atoms with Gasteiger partial charge in [-0.25, -0.2) is 9.78 Å². The van der Waals surface area contributed by atoms with E-state index in [1.807, 2.05) is 0 Å². The number of halogens is 1. The maximum atomic E-state index is 13.3. The van der Waals surface area contributed by atoms with Gasteiger partial charge in [-0.15, -0.1) is 0 Å². The van der Waals surface area contributed by atoms with Crippen LogP contribution in [0.2, 0.25) is 5.02 Å². The Hall–Kier alpha value is -3.92. The topological polar surface area (TPSA) is 131 Å². The Bertz CT molecular complexity index is 1340. The van der Waals surface area contributed by atoms with E-state index in [9.17, 15) is 19.2 Å². The van der Waals surface area contributed by atoms with Crippen molar-refractivity contribution in [2.75, 3.05) is 31.8 Å². The summed E-state index contributed by atoms with van der Waals surface area (Å²) in [6.07, 6.45) is 3.66. The van der Waals surface area contributed by atoms with E-state index >= 15 is 0 Å². The lowest BCUT2D eigenvalue weighted by Gasteiger charge is -2.28.